The molecule has 0 radical (unpaired) electrons. The van der Waals surface area contributed by atoms with Crippen molar-refractivity contribution >= 4 is 17.5 Å². The van der Waals surface area contributed by atoms with Gasteiger partial charge in [0.1, 0.15) is 0 Å². The number of rotatable bonds is 5. The van der Waals surface area contributed by atoms with E-state index < -0.39 is 6.61 Å². The van der Waals surface area contributed by atoms with Crippen LogP contribution in [0.5, 0.6) is 5.88 Å². The summed E-state index contributed by atoms with van der Waals surface area (Å²) in [4.78, 5) is 11.9. The van der Waals surface area contributed by atoms with E-state index in [0.29, 0.717) is 22.6 Å². The zero-order chi connectivity index (χ0) is 17.8. The molecule has 0 amide bonds. The Bertz CT molecular complexity index is 875. The van der Waals surface area contributed by atoms with Gasteiger partial charge in [-0.25, -0.2) is 15.0 Å². The van der Waals surface area contributed by atoms with E-state index in [1.807, 2.05) is 0 Å². The third-order valence-electron chi connectivity index (χ3n) is 3.38. The van der Waals surface area contributed by atoms with E-state index in [9.17, 15) is 8.78 Å². The second-order valence-corrected chi connectivity index (χ2v) is 5.65. The fraction of sp³-hybridized carbons (Fsp3) is 0.118. The van der Waals surface area contributed by atoms with Crippen molar-refractivity contribution in [2.24, 2.45) is 0 Å². The van der Waals surface area contributed by atoms with Crippen LogP contribution in [-0.2, 0) is 6.42 Å². The zero-order valence-electron chi connectivity index (χ0n) is 12.9. The molecule has 3 aromatic rings. The molecule has 0 aliphatic rings. The van der Waals surface area contributed by atoms with E-state index in [2.05, 4.69) is 19.7 Å². The summed E-state index contributed by atoms with van der Waals surface area (Å²) >= 11 is 6.00. The largest absolute Gasteiger partial charge is 0.416 e. The lowest BCUT2D eigenvalue weighted by Gasteiger charge is -2.12. The van der Waals surface area contributed by atoms with Gasteiger partial charge in [-0.1, -0.05) is 23.7 Å². The Morgan fingerprint density at radius 2 is 1.76 bits per heavy atom. The number of nitrogen functional groups attached to an aromatic ring is 1. The van der Waals surface area contributed by atoms with Crippen LogP contribution >= 0.6 is 11.6 Å². The van der Waals surface area contributed by atoms with Gasteiger partial charge in [-0.15, -0.1) is 0 Å². The van der Waals surface area contributed by atoms with Crippen molar-refractivity contribution in [1.29, 1.82) is 0 Å². The smallest absolute Gasteiger partial charge is 0.388 e. The molecule has 0 unspecified atom stereocenters. The molecule has 0 saturated heterocycles. The molecular formula is C17H13ClF2N4O. The highest BCUT2D eigenvalue weighted by Crippen LogP contribution is 2.32. The minimum atomic E-state index is -2.97. The molecule has 0 spiro atoms. The minimum absolute atomic E-state index is 0.158. The van der Waals surface area contributed by atoms with Gasteiger partial charge in [0.25, 0.3) is 0 Å². The van der Waals surface area contributed by atoms with Crippen molar-refractivity contribution in [2.45, 2.75) is 13.0 Å². The summed E-state index contributed by atoms with van der Waals surface area (Å²) in [5.74, 6) is 0.0248. The topological polar surface area (TPSA) is 73.9 Å². The Kier molecular flexibility index (Phi) is 5.04. The quantitative estimate of drug-likeness (QED) is 0.743. The van der Waals surface area contributed by atoms with E-state index in [4.69, 9.17) is 17.3 Å². The number of benzene rings is 1. The Morgan fingerprint density at radius 1 is 1.04 bits per heavy atom. The maximum Gasteiger partial charge on any atom is 0.388 e. The van der Waals surface area contributed by atoms with Crippen molar-refractivity contribution in [1.82, 2.24) is 15.0 Å². The Labute approximate surface area is 147 Å². The molecule has 0 aliphatic heterocycles. The maximum atomic E-state index is 12.7. The summed E-state index contributed by atoms with van der Waals surface area (Å²) < 4.78 is 29.9. The Hall–Kier alpha value is -2.80. The van der Waals surface area contributed by atoms with Gasteiger partial charge in [-0.05, 0) is 34.9 Å². The number of nitrogens with zero attached hydrogens (tertiary/aromatic N) is 3. The molecule has 5 nitrogen and oxygen atoms in total. The molecule has 2 N–H and O–H groups in total. The standard InChI is InChI=1S/C17H13ClF2N4O/c18-13-3-1-2-12(6-13)14-5-10(7-22-15(14)25-16(19)20)4-11-8-23-17(21)24-9-11/h1-3,5-9,16H,4H2,(H2,21,23,24). The normalized spacial score (nSPS) is 10.9. The number of halogens is 3. The van der Waals surface area contributed by atoms with Gasteiger partial charge in [0.05, 0.1) is 0 Å². The highest BCUT2D eigenvalue weighted by Gasteiger charge is 2.14. The molecule has 2 aromatic heterocycles. The van der Waals surface area contributed by atoms with Gasteiger partial charge < -0.3 is 10.5 Å². The lowest BCUT2D eigenvalue weighted by Crippen LogP contribution is -2.06. The van der Waals surface area contributed by atoms with Gasteiger partial charge in [0, 0.05) is 35.6 Å². The highest BCUT2D eigenvalue weighted by molar-refractivity contribution is 6.30. The molecule has 0 bridgehead atoms. The van der Waals surface area contributed by atoms with Gasteiger partial charge in [-0.2, -0.15) is 8.78 Å². The van der Waals surface area contributed by atoms with Crippen molar-refractivity contribution in [3.8, 4) is 17.0 Å². The van der Waals surface area contributed by atoms with E-state index in [0.717, 1.165) is 11.1 Å². The lowest BCUT2D eigenvalue weighted by atomic mass is 10.0. The second kappa shape index (κ2) is 7.40. The molecule has 0 saturated carbocycles. The number of nitrogens with two attached hydrogens (primary N) is 1. The molecule has 25 heavy (non-hydrogen) atoms. The molecule has 128 valence electrons. The zero-order valence-corrected chi connectivity index (χ0v) is 13.6. The number of pyridine rings is 1. The van der Waals surface area contributed by atoms with E-state index >= 15 is 0 Å². The number of hydrogen-bond donors (Lipinski definition) is 1. The lowest BCUT2D eigenvalue weighted by molar-refractivity contribution is -0.0524. The molecule has 0 aliphatic carbocycles. The van der Waals surface area contributed by atoms with Gasteiger partial charge in [0.15, 0.2) is 0 Å². The Morgan fingerprint density at radius 3 is 2.44 bits per heavy atom. The van der Waals surface area contributed by atoms with Crippen molar-refractivity contribution in [3.05, 3.63) is 65.1 Å². The first-order valence-electron chi connectivity index (χ1n) is 7.27. The second-order valence-electron chi connectivity index (χ2n) is 5.21. The van der Waals surface area contributed by atoms with Crippen LogP contribution < -0.4 is 10.5 Å². The molecule has 8 heteroatoms. The van der Waals surface area contributed by atoms with Crippen LogP contribution in [0, 0.1) is 0 Å². The predicted molar refractivity (Wildman–Crippen MR) is 90.6 cm³/mol. The Balaban J connectivity index is 1.98. The summed E-state index contributed by atoms with van der Waals surface area (Å²) in [6, 6.07) is 8.56. The summed E-state index contributed by atoms with van der Waals surface area (Å²) in [6.45, 7) is -2.97. The first-order chi connectivity index (χ1) is 12.0. The minimum Gasteiger partial charge on any atom is -0.416 e. The number of hydrogen-bond acceptors (Lipinski definition) is 5. The van der Waals surface area contributed by atoms with Crippen LogP contribution in [0.2, 0.25) is 5.02 Å². The van der Waals surface area contributed by atoms with E-state index in [-0.39, 0.29) is 11.8 Å². The third-order valence-corrected chi connectivity index (χ3v) is 3.61. The molecule has 1 aromatic carbocycles. The van der Waals surface area contributed by atoms with Crippen LogP contribution in [0.15, 0.2) is 48.9 Å². The molecule has 2 heterocycles. The number of anilines is 1. The molecule has 0 atom stereocenters. The van der Waals surface area contributed by atoms with E-state index in [1.54, 1.807) is 42.7 Å². The average Bonchev–Trinajstić information content (AvgIpc) is 2.58. The van der Waals surface area contributed by atoms with Crippen molar-refractivity contribution < 1.29 is 13.5 Å². The number of alkyl halides is 2. The van der Waals surface area contributed by atoms with Crippen LogP contribution in [0.1, 0.15) is 11.1 Å². The van der Waals surface area contributed by atoms with Crippen molar-refractivity contribution in [3.63, 3.8) is 0 Å². The number of aromatic nitrogens is 3. The third kappa shape index (κ3) is 4.39. The first kappa shape index (κ1) is 17.0. The fourth-order valence-electron chi connectivity index (χ4n) is 2.33. The maximum absolute atomic E-state index is 12.7. The fourth-order valence-corrected chi connectivity index (χ4v) is 2.52. The summed E-state index contributed by atoms with van der Waals surface area (Å²) in [5.41, 5.74) is 8.12. The average molecular weight is 363 g/mol. The highest BCUT2D eigenvalue weighted by atomic mass is 35.5. The SMILES string of the molecule is Nc1ncc(Cc2cnc(OC(F)F)c(-c3cccc(Cl)c3)c2)cn1. The molecular weight excluding hydrogens is 350 g/mol. The summed E-state index contributed by atoms with van der Waals surface area (Å²) in [7, 11) is 0. The first-order valence-corrected chi connectivity index (χ1v) is 7.65. The van der Waals surface area contributed by atoms with Gasteiger partial charge in [0.2, 0.25) is 11.8 Å². The van der Waals surface area contributed by atoms with Crippen LogP contribution in [0.4, 0.5) is 14.7 Å². The summed E-state index contributed by atoms with van der Waals surface area (Å²) in [6.07, 6.45) is 5.15. The van der Waals surface area contributed by atoms with E-state index in [1.165, 1.54) is 6.20 Å². The van der Waals surface area contributed by atoms with Crippen LogP contribution in [0.3, 0.4) is 0 Å². The predicted octanol–water partition coefficient (Wildman–Crippen LogP) is 3.97. The van der Waals surface area contributed by atoms with Crippen molar-refractivity contribution in [2.75, 3.05) is 5.73 Å². The molecule has 0 fully saturated rings. The molecule has 3 rings (SSSR count). The van der Waals surface area contributed by atoms with Crippen LogP contribution in [0.25, 0.3) is 11.1 Å². The summed E-state index contributed by atoms with van der Waals surface area (Å²) in [5, 5.41) is 0.484. The van der Waals surface area contributed by atoms with Crippen LogP contribution in [-0.4, -0.2) is 21.6 Å². The van der Waals surface area contributed by atoms with Gasteiger partial charge >= 0.3 is 6.61 Å². The van der Waals surface area contributed by atoms with Gasteiger partial charge in [-0.3, -0.25) is 0 Å². The monoisotopic (exact) mass is 362 g/mol. The number of ether oxygens (including phenoxy) is 1.